The van der Waals surface area contributed by atoms with E-state index in [0.717, 1.165) is 23.4 Å². The van der Waals surface area contributed by atoms with Gasteiger partial charge in [0.1, 0.15) is 0 Å². The van der Waals surface area contributed by atoms with Crippen LogP contribution in [0.3, 0.4) is 0 Å². The Morgan fingerprint density at radius 3 is 2.70 bits per heavy atom. The molecule has 1 aliphatic heterocycles. The lowest BCUT2D eigenvalue weighted by atomic mass is 10.2. The zero-order valence-electron chi connectivity index (χ0n) is 14.1. The summed E-state index contributed by atoms with van der Waals surface area (Å²) in [7, 11) is 0. The van der Waals surface area contributed by atoms with Crippen LogP contribution in [0.25, 0.3) is 0 Å². The monoisotopic (exact) mass is 417 g/mol. The summed E-state index contributed by atoms with van der Waals surface area (Å²) in [6.07, 6.45) is -4.54. The van der Waals surface area contributed by atoms with Gasteiger partial charge in [0.2, 0.25) is 12.7 Å². The lowest BCUT2D eigenvalue weighted by Gasteiger charge is -2.14. The second-order valence-electron chi connectivity index (χ2n) is 5.80. The van der Waals surface area contributed by atoms with Crippen LogP contribution in [0.2, 0.25) is 5.02 Å². The third-order valence-electron chi connectivity index (χ3n) is 3.83. The van der Waals surface area contributed by atoms with Crippen molar-refractivity contribution in [3.05, 3.63) is 52.5 Å². The molecule has 3 rings (SSSR count). The van der Waals surface area contributed by atoms with Crippen molar-refractivity contribution in [1.29, 1.82) is 0 Å². The number of carbonyl (C=O) groups is 1. The first-order valence-corrected chi connectivity index (χ1v) is 9.19. The van der Waals surface area contributed by atoms with E-state index in [-0.39, 0.29) is 24.3 Å². The van der Waals surface area contributed by atoms with Gasteiger partial charge in [-0.15, -0.1) is 11.8 Å². The van der Waals surface area contributed by atoms with E-state index < -0.39 is 17.0 Å². The second-order valence-corrected chi connectivity index (χ2v) is 7.63. The Morgan fingerprint density at radius 1 is 1.22 bits per heavy atom. The van der Waals surface area contributed by atoms with Crippen molar-refractivity contribution < 1.29 is 27.4 Å². The standard InChI is InChI=1S/C18H15ClF3NO3S/c1-10(27-12-3-4-14(19)13(7-12)18(20,21)22)17(24)23-8-11-2-5-15-16(6-11)26-9-25-15/h2-7,10H,8-9H2,1H3,(H,23,24)/t10-/m1/s1. The van der Waals surface area contributed by atoms with Gasteiger partial charge in [-0.1, -0.05) is 17.7 Å². The highest BCUT2D eigenvalue weighted by molar-refractivity contribution is 8.00. The van der Waals surface area contributed by atoms with Crippen molar-refractivity contribution >= 4 is 29.3 Å². The smallest absolute Gasteiger partial charge is 0.417 e. The number of ether oxygens (including phenoxy) is 2. The van der Waals surface area contributed by atoms with Gasteiger partial charge in [-0.05, 0) is 42.8 Å². The van der Waals surface area contributed by atoms with Crippen LogP contribution in [0, 0.1) is 0 Å². The highest BCUT2D eigenvalue weighted by Gasteiger charge is 2.33. The fourth-order valence-corrected chi connectivity index (χ4v) is 3.59. The number of thioether (sulfide) groups is 1. The van der Waals surface area contributed by atoms with Gasteiger partial charge in [-0.25, -0.2) is 0 Å². The van der Waals surface area contributed by atoms with Gasteiger partial charge in [-0.2, -0.15) is 13.2 Å². The molecule has 0 aromatic heterocycles. The Labute approximate surface area is 163 Å². The first kappa shape index (κ1) is 19.7. The van der Waals surface area contributed by atoms with Crippen LogP contribution in [0.1, 0.15) is 18.1 Å². The molecule has 0 fully saturated rings. The van der Waals surface area contributed by atoms with Gasteiger partial charge >= 0.3 is 6.18 Å². The van der Waals surface area contributed by atoms with Gasteiger partial charge in [0.05, 0.1) is 15.8 Å². The van der Waals surface area contributed by atoms with Crippen LogP contribution >= 0.6 is 23.4 Å². The molecule has 2 aromatic carbocycles. The van der Waals surface area contributed by atoms with Crippen LogP contribution < -0.4 is 14.8 Å². The number of nitrogens with one attached hydrogen (secondary N) is 1. The summed E-state index contributed by atoms with van der Waals surface area (Å²) < 4.78 is 49.3. The first-order chi connectivity index (χ1) is 12.7. The summed E-state index contributed by atoms with van der Waals surface area (Å²) in [5, 5.41) is 1.81. The zero-order valence-corrected chi connectivity index (χ0v) is 15.7. The third kappa shape index (κ3) is 4.81. The van der Waals surface area contributed by atoms with Crippen molar-refractivity contribution in [2.75, 3.05) is 6.79 Å². The molecule has 144 valence electrons. The molecule has 27 heavy (non-hydrogen) atoms. The van der Waals surface area contributed by atoms with E-state index in [1.165, 1.54) is 12.1 Å². The lowest BCUT2D eigenvalue weighted by Crippen LogP contribution is -2.30. The molecule has 0 unspecified atom stereocenters. The van der Waals surface area contributed by atoms with Crippen LogP contribution in [-0.4, -0.2) is 18.0 Å². The molecule has 1 heterocycles. The van der Waals surface area contributed by atoms with E-state index in [9.17, 15) is 18.0 Å². The van der Waals surface area contributed by atoms with Crippen molar-refractivity contribution in [1.82, 2.24) is 5.32 Å². The maximum absolute atomic E-state index is 12.9. The van der Waals surface area contributed by atoms with Crippen molar-refractivity contribution in [2.24, 2.45) is 0 Å². The number of amides is 1. The summed E-state index contributed by atoms with van der Waals surface area (Å²) in [5.41, 5.74) is -0.0854. The number of hydrogen-bond acceptors (Lipinski definition) is 4. The number of carbonyl (C=O) groups excluding carboxylic acids is 1. The minimum atomic E-state index is -4.54. The average molecular weight is 418 g/mol. The molecule has 4 nitrogen and oxygen atoms in total. The molecular weight excluding hydrogens is 403 g/mol. The molecule has 0 saturated carbocycles. The molecule has 0 radical (unpaired) electrons. The van der Waals surface area contributed by atoms with Gasteiger partial charge in [0.15, 0.2) is 11.5 Å². The van der Waals surface area contributed by atoms with Crippen molar-refractivity contribution in [3.63, 3.8) is 0 Å². The maximum Gasteiger partial charge on any atom is 0.417 e. The van der Waals surface area contributed by atoms with Gasteiger partial charge < -0.3 is 14.8 Å². The highest BCUT2D eigenvalue weighted by Crippen LogP contribution is 2.38. The van der Waals surface area contributed by atoms with Crippen LogP contribution in [0.5, 0.6) is 11.5 Å². The quantitative estimate of drug-likeness (QED) is 0.704. The number of alkyl halides is 3. The third-order valence-corrected chi connectivity index (χ3v) is 5.25. The Kier molecular flexibility index (Phi) is 5.76. The summed E-state index contributed by atoms with van der Waals surface area (Å²) in [6.45, 7) is 2.07. The Balaban J connectivity index is 1.59. The number of fused-ring (bicyclic) bond motifs is 1. The Morgan fingerprint density at radius 2 is 1.96 bits per heavy atom. The number of rotatable bonds is 5. The molecule has 0 bridgehead atoms. The summed E-state index contributed by atoms with van der Waals surface area (Å²) >= 11 is 6.64. The summed E-state index contributed by atoms with van der Waals surface area (Å²) in [4.78, 5) is 12.6. The van der Waals surface area contributed by atoms with Crippen LogP contribution in [0.15, 0.2) is 41.3 Å². The zero-order chi connectivity index (χ0) is 19.6. The molecule has 0 aliphatic carbocycles. The Hall–Kier alpha value is -2.06. The number of benzene rings is 2. The minimum absolute atomic E-state index is 0.166. The Bertz CT molecular complexity index is 860. The lowest BCUT2D eigenvalue weighted by molar-refractivity contribution is -0.137. The van der Waals surface area contributed by atoms with Crippen LogP contribution in [0.4, 0.5) is 13.2 Å². The van der Waals surface area contributed by atoms with E-state index in [4.69, 9.17) is 21.1 Å². The normalized spacial score (nSPS) is 14.1. The first-order valence-electron chi connectivity index (χ1n) is 7.93. The van der Waals surface area contributed by atoms with Gasteiger partial charge in [0, 0.05) is 11.4 Å². The van der Waals surface area contributed by atoms with E-state index in [1.807, 2.05) is 0 Å². The predicted molar refractivity (Wildman–Crippen MR) is 96.2 cm³/mol. The summed E-state index contributed by atoms with van der Waals surface area (Å²) in [6, 6.07) is 8.94. The highest BCUT2D eigenvalue weighted by atomic mass is 35.5. The molecule has 1 atom stereocenters. The largest absolute Gasteiger partial charge is 0.454 e. The van der Waals surface area contributed by atoms with Crippen molar-refractivity contribution in [3.8, 4) is 11.5 Å². The fraction of sp³-hybridized carbons (Fsp3) is 0.278. The van der Waals surface area contributed by atoms with E-state index >= 15 is 0 Å². The van der Waals surface area contributed by atoms with E-state index in [0.29, 0.717) is 16.4 Å². The molecule has 1 N–H and O–H groups in total. The summed E-state index contributed by atoms with van der Waals surface area (Å²) in [5.74, 6) is 0.975. The van der Waals surface area contributed by atoms with Gasteiger partial charge in [-0.3, -0.25) is 4.79 Å². The van der Waals surface area contributed by atoms with E-state index in [1.54, 1.807) is 25.1 Å². The molecule has 1 amide bonds. The van der Waals surface area contributed by atoms with Crippen LogP contribution in [-0.2, 0) is 17.5 Å². The minimum Gasteiger partial charge on any atom is -0.454 e. The SMILES string of the molecule is C[C@@H](Sc1ccc(Cl)c(C(F)(F)F)c1)C(=O)NCc1ccc2c(c1)OCO2. The predicted octanol–water partition coefficient (Wildman–Crippen LogP) is 4.88. The molecule has 0 spiro atoms. The van der Waals surface area contributed by atoms with Crippen molar-refractivity contribution in [2.45, 2.75) is 29.8 Å². The number of halogens is 4. The average Bonchev–Trinajstić information content (AvgIpc) is 3.08. The second kappa shape index (κ2) is 7.90. The van der Waals surface area contributed by atoms with E-state index in [2.05, 4.69) is 5.32 Å². The molecule has 9 heteroatoms. The maximum atomic E-state index is 12.9. The van der Waals surface area contributed by atoms with Gasteiger partial charge in [0.25, 0.3) is 0 Å². The topological polar surface area (TPSA) is 47.6 Å². The fourth-order valence-electron chi connectivity index (χ4n) is 2.44. The molecule has 1 aliphatic rings. The molecule has 2 aromatic rings. The molecular formula is C18H15ClF3NO3S. The number of hydrogen-bond donors (Lipinski definition) is 1. The molecule has 0 saturated heterocycles.